The van der Waals surface area contributed by atoms with Crippen LogP contribution in [0.15, 0.2) is 12.1 Å². The molecule has 1 aromatic carbocycles. The Morgan fingerprint density at radius 3 is 2.93 bits per heavy atom. The van der Waals surface area contributed by atoms with E-state index in [0.29, 0.717) is 24.0 Å². The maximum absolute atomic E-state index is 13.4. The van der Waals surface area contributed by atoms with E-state index in [4.69, 9.17) is 5.11 Å². The van der Waals surface area contributed by atoms with Crippen LogP contribution in [0.4, 0.5) is 4.39 Å². The molecule has 0 fully saturated rings. The fraction of sp³-hybridized carbons (Fsp3) is 0.364. The van der Waals surface area contributed by atoms with Crippen molar-refractivity contribution >= 4 is 5.97 Å². The molecule has 14 heavy (non-hydrogen) atoms. The van der Waals surface area contributed by atoms with Crippen molar-refractivity contribution < 1.29 is 14.3 Å². The van der Waals surface area contributed by atoms with Crippen LogP contribution < -0.4 is 0 Å². The fourth-order valence-electron chi connectivity index (χ4n) is 2.07. The average Bonchev–Trinajstić information content (AvgIpc) is 2.47. The van der Waals surface area contributed by atoms with E-state index in [9.17, 15) is 9.18 Å². The van der Waals surface area contributed by atoms with Gasteiger partial charge in [0.2, 0.25) is 0 Å². The van der Waals surface area contributed by atoms with E-state index in [1.807, 2.05) is 0 Å². The Kier molecular flexibility index (Phi) is 2.02. The second-order valence-electron chi connectivity index (χ2n) is 3.74. The Balaban J connectivity index is 2.54. The van der Waals surface area contributed by atoms with Crippen molar-refractivity contribution in [3.8, 4) is 0 Å². The first-order chi connectivity index (χ1) is 6.59. The highest BCUT2D eigenvalue weighted by atomic mass is 19.1. The molecule has 0 bridgehead atoms. The van der Waals surface area contributed by atoms with E-state index in [-0.39, 0.29) is 5.82 Å². The lowest BCUT2D eigenvalue weighted by Crippen LogP contribution is -2.08. The zero-order valence-corrected chi connectivity index (χ0v) is 7.88. The van der Waals surface area contributed by atoms with Gasteiger partial charge in [-0.25, -0.2) is 4.39 Å². The number of aryl methyl sites for hydroxylation is 1. The zero-order valence-electron chi connectivity index (χ0n) is 7.88. The summed E-state index contributed by atoms with van der Waals surface area (Å²) in [5.74, 6) is -1.63. The molecule has 0 saturated heterocycles. The number of hydrogen-bond acceptors (Lipinski definition) is 1. The molecule has 0 radical (unpaired) electrons. The molecular formula is C11H11FO2. The van der Waals surface area contributed by atoms with Crippen LogP contribution in [0.3, 0.4) is 0 Å². The number of aliphatic carboxylic acids is 1. The van der Waals surface area contributed by atoms with E-state index in [0.717, 1.165) is 5.56 Å². The van der Waals surface area contributed by atoms with Crippen LogP contribution in [0.1, 0.15) is 29.0 Å². The molecule has 2 rings (SSSR count). The molecule has 3 heteroatoms. The van der Waals surface area contributed by atoms with Gasteiger partial charge in [-0.1, -0.05) is 6.07 Å². The second kappa shape index (κ2) is 3.08. The van der Waals surface area contributed by atoms with Gasteiger partial charge in [0.05, 0.1) is 5.92 Å². The lowest BCUT2D eigenvalue weighted by molar-refractivity contribution is -0.138. The van der Waals surface area contributed by atoms with Gasteiger partial charge in [-0.05, 0) is 42.5 Å². The molecule has 0 heterocycles. The van der Waals surface area contributed by atoms with Crippen LogP contribution in [0.5, 0.6) is 0 Å². The van der Waals surface area contributed by atoms with Crippen molar-refractivity contribution in [2.45, 2.75) is 25.7 Å². The summed E-state index contributed by atoms with van der Waals surface area (Å²) in [6.07, 6.45) is 1.06. The predicted octanol–water partition coefficient (Wildman–Crippen LogP) is 2.25. The normalized spacial score (nSPS) is 19.4. The quantitative estimate of drug-likeness (QED) is 0.744. The van der Waals surface area contributed by atoms with Crippen LogP contribution in [-0.4, -0.2) is 11.1 Å². The lowest BCUT2D eigenvalue weighted by atomic mass is 9.99. The van der Waals surface area contributed by atoms with Gasteiger partial charge >= 0.3 is 5.97 Å². The molecule has 0 spiro atoms. The van der Waals surface area contributed by atoms with Gasteiger partial charge < -0.3 is 5.11 Å². The van der Waals surface area contributed by atoms with Gasteiger partial charge in [0, 0.05) is 0 Å². The minimum absolute atomic E-state index is 0.260. The summed E-state index contributed by atoms with van der Waals surface area (Å²) >= 11 is 0. The molecule has 74 valence electrons. The van der Waals surface area contributed by atoms with E-state index >= 15 is 0 Å². The highest BCUT2D eigenvalue weighted by Gasteiger charge is 2.30. The van der Waals surface area contributed by atoms with Crippen LogP contribution in [0.2, 0.25) is 0 Å². The second-order valence-corrected chi connectivity index (χ2v) is 3.74. The molecule has 1 unspecified atom stereocenters. The van der Waals surface area contributed by atoms with Gasteiger partial charge in [-0.15, -0.1) is 0 Å². The van der Waals surface area contributed by atoms with Gasteiger partial charge in [0.25, 0.3) is 0 Å². The number of carboxylic acid groups (broad SMARTS) is 1. The Bertz CT molecular complexity index is 399. The minimum Gasteiger partial charge on any atom is -0.481 e. The molecule has 0 saturated carbocycles. The largest absolute Gasteiger partial charge is 0.481 e. The first-order valence-corrected chi connectivity index (χ1v) is 4.61. The van der Waals surface area contributed by atoms with Gasteiger partial charge in [-0.2, -0.15) is 0 Å². The summed E-state index contributed by atoms with van der Waals surface area (Å²) in [7, 11) is 0. The fourth-order valence-corrected chi connectivity index (χ4v) is 2.07. The van der Waals surface area contributed by atoms with E-state index in [1.54, 1.807) is 13.0 Å². The summed E-state index contributed by atoms with van der Waals surface area (Å²) in [5.41, 5.74) is 2.03. The third-order valence-electron chi connectivity index (χ3n) is 2.73. The molecule has 1 atom stereocenters. The number of halogens is 1. The Labute approximate surface area is 81.4 Å². The van der Waals surface area contributed by atoms with Crippen LogP contribution in [0.25, 0.3) is 0 Å². The Hall–Kier alpha value is -1.38. The molecule has 1 aliphatic carbocycles. The molecule has 1 N–H and O–H groups in total. The van der Waals surface area contributed by atoms with Crippen LogP contribution >= 0.6 is 0 Å². The molecule has 0 amide bonds. The van der Waals surface area contributed by atoms with E-state index < -0.39 is 11.9 Å². The van der Waals surface area contributed by atoms with Gasteiger partial charge in [0.1, 0.15) is 5.82 Å². The number of rotatable bonds is 1. The Morgan fingerprint density at radius 1 is 1.57 bits per heavy atom. The predicted molar refractivity (Wildman–Crippen MR) is 49.8 cm³/mol. The maximum atomic E-state index is 13.4. The first kappa shape index (κ1) is 9.19. The van der Waals surface area contributed by atoms with Crippen molar-refractivity contribution in [3.63, 3.8) is 0 Å². The smallest absolute Gasteiger partial charge is 0.310 e. The summed E-state index contributed by atoms with van der Waals surface area (Å²) < 4.78 is 13.4. The van der Waals surface area contributed by atoms with Crippen LogP contribution in [0, 0.1) is 12.7 Å². The molecule has 1 aliphatic rings. The van der Waals surface area contributed by atoms with Crippen molar-refractivity contribution in [2.24, 2.45) is 0 Å². The average molecular weight is 194 g/mol. The topological polar surface area (TPSA) is 37.3 Å². The zero-order chi connectivity index (χ0) is 10.3. The van der Waals surface area contributed by atoms with Gasteiger partial charge in [-0.3, -0.25) is 4.79 Å². The van der Waals surface area contributed by atoms with Crippen molar-refractivity contribution in [1.29, 1.82) is 0 Å². The Morgan fingerprint density at radius 2 is 2.29 bits per heavy atom. The van der Waals surface area contributed by atoms with Crippen molar-refractivity contribution in [1.82, 2.24) is 0 Å². The number of carbonyl (C=O) groups is 1. The minimum atomic E-state index is -0.853. The van der Waals surface area contributed by atoms with Crippen LogP contribution in [-0.2, 0) is 11.2 Å². The highest BCUT2D eigenvalue weighted by Crippen LogP contribution is 2.35. The number of hydrogen-bond donors (Lipinski definition) is 1. The molecule has 0 aromatic heterocycles. The highest BCUT2D eigenvalue weighted by molar-refractivity contribution is 5.78. The monoisotopic (exact) mass is 194 g/mol. The van der Waals surface area contributed by atoms with E-state index in [2.05, 4.69) is 0 Å². The van der Waals surface area contributed by atoms with E-state index in [1.165, 1.54) is 6.07 Å². The maximum Gasteiger partial charge on any atom is 0.310 e. The molecule has 0 aliphatic heterocycles. The number of fused-ring (bicyclic) bond motifs is 1. The van der Waals surface area contributed by atoms with Crippen molar-refractivity contribution in [3.05, 3.63) is 34.6 Å². The molecular weight excluding hydrogens is 183 g/mol. The van der Waals surface area contributed by atoms with Crippen molar-refractivity contribution in [2.75, 3.05) is 0 Å². The third kappa shape index (κ3) is 1.29. The summed E-state index contributed by atoms with van der Waals surface area (Å²) in [5, 5.41) is 8.92. The summed E-state index contributed by atoms with van der Waals surface area (Å²) in [4.78, 5) is 10.9. The summed E-state index contributed by atoms with van der Waals surface area (Å²) in [6, 6.07) is 3.24. The number of carboxylic acids is 1. The summed E-state index contributed by atoms with van der Waals surface area (Å²) in [6.45, 7) is 1.78. The SMILES string of the molecule is Cc1cc(F)c2c(c1)C(C(=O)O)CC2. The lowest BCUT2D eigenvalue weighted by Gasteiger charge is -2.07. The standard InChI is InChI=1S/C11H11FO2/c1-6-4-9-7(10(12)5-6)2-3-8(9)11(13)14/h4-5,8H,2-3H2,1H3,(H,13,14). The van der Waals surface area contributed by atoms with Gasteiger partial charge in [0.15, 0.2) is 0 Å². The first-order valence-electron chi connectivity index (χ1n) is 4.61. The molecule has 1 aromatic rings. The number of benzene rings is 1. The molecule has 2 nitrogen and oxygen atoms in total. The third-order valence-corrected chi connectivity index (χ3v) is 2.73.